The van der Waals surface area contributed by atoms with Gasteiger partial charge in [0.2, 0.25) is 0 Å². The summed E-state index contributed by atoms with van der Waals surface area (Å²) in [5.41, 5.74) is 0.665. The van der Waals surface area contributed by atoms with Crippen LogP contribution in [0.1, 0.15) is 12.5 Å². The van der Waals surface area contributed by atoms with Crippen LogP contribution in [0.3, 0.4) is 0 Å². The first-order chi connectivity index (χ1) is 7.63. The van der Waals surface area contributed by atoms with E-state index in [1.54, 1.807) is 6.92 Å². The molecule has 6 nitrogen and oxygen atoms in total. The van der Waals surface area contributed by atoms with E-state index in [0.717, 1.165) is 0 Å². The van der Waals surface area contributed by atoms with Gasteiger partial charge in [-0.05, 0) is 24.6 Å². The number of hydrogen-bond acceptors (Lipinski definition) is 5. The van der Waals surface area contributed by atoms with Crippen LogP contribution in [0.25, 0.3) is 0 Å². The zero-order chi connectivity index (χ0) is 12.0. The van der Waals surface area contributed by atoms with Gasteiger partial charge in [-0.15, -0.1) is 0 Å². The van der Waals surface area contributed by atoms with Crippen LogP contribution >= 0.6 is 0 Å². The van der Waals surface area contributed by atoms with Crippen LogP contribution in [-0.2, 0) is 16.1 Å². The van der Waals surface area contributed by atoms with E-state index in [1.807, 2.05) is 0 Å². The van der Waals surface area contributed by atoms with Crippen LogP contribution in [0.2, 0.25) is 0 Å². The summed E-state index contributed by atoms with van der Waals surface area (Å²) in [6, 6.07) is 5.75. The number of non-ortho nitro benzene ring substituents is 1. The van der Waals surface area contributed by atoms with Gasteiger partial charge in [0.15, 0.2) is 0 Å². The molecule has 0 aliphatic carbocycles. The van der Waals surface area contributed by atoms with Crippen molar-refractivity contribution in [3.8, 4) is 0 Å². The molecule has 0 saturated heterocycles. The summed E-state index contributed by atoms with van der Waals surface area (Å²) in [6.45, 7) is 1.96. The maximum absolute atomic E-state index is 10.8. The Kier molecular flexibility index (Phi) is 4.26. The molecule has 0 fully saturated rings. The number of nitro groups is 1. The highest BCUT2D eigenvalue weighted by atomic mass is 16.7. The van der Waals surface area contributed by atoms with Crippen molar-refractivity contribution in [2.45, 2.75) is 13.5 Å². The number of benzene rings is 1. The van der Waals surface area contributed by atoms with E-state index in [0.29, 0.717) is 5.56 Å². The molecular formula is C10H11NO5. The van der Waals surface area contributed by atoms with Gasteiger partial charge in [-0.25, -0.2) is 4.79 Å². The second kappa shape index (κ2) is 5.69. The van der Waals surface area contributed by atoms with Crippen LogP contribution in [0.5, 0.6) is 0 Å². The lowest BCUT2D eigenvalue weighted by atomic mass is 10.2. The molecule has 0 aliphatic rings. The molecule has 0 N–H and O–H groups in total. The first-order valence-corrected chi connectivity index (χ1v) is 4.66. The lowest BCUT2D eigenvalue weighted by Gasteiger charge is -2.03. The summed E-state index contributed by atoms with van der Waals surface area (Å²) in [4.78, 5) is 20.7. The molecule has 0 saturated carbocycles. The third-order valence-electron chi connectivity index (χ3n) is 1.77. The number of hydrogen-bond donors (Lipinski definition) is 0. The highest BCUT2D eigenvalue weighted by molar-refractivity contribution is 5.59. The first kappa shape index (κ1) is 12.0. The Morgan fingerprint density at radius 2 is 1.94 bits per heavy atom. The van der Waals surface area contributed by atoms with E-state index in [9.17, 15) is 14.9 Å². The molecule has 1 aromatic rings. The molecule has 0 aromatic heterocycles. The highest BCUT2D eigenvalue weighted by Gasteiger charge is 2.06. The molecule has 0 heterocycles. The van der Waals surface area contributed by atoms with Crippen molar-refractivity contribution < 1.29 is 19.2 Å². The molecule has 16 heavy (non-hydrogen) atoms. The molecule has 0 unspecified atom stereocenters. The average molecular weight is 225 g/mol. The van der Waals surface area contributed by atoms with Gasteiger partial charge < -0.3 is 9.47 Å². The van der Waals surface area contributed by atoms with Crippen LogP contribution in [0, 0.1) is 10.1 Å². The van der Waals surface area contributed by atoms with Crippen LogP contribution in [-0.4, -0.2) is 17.7 Å². The molecule has 1 aromatic carbocycles. The average Bonchev–Trinajstić information content (AvgIpc) is 2.27. The molecule has 86 valence electrons. The summed E-state index contributed by atoms with van der Waals surface area (Å²) in [5, 5.41) is 10.4. The van der Waals surface area contributed by atoms with Crippen molar-refractivity contribution >= 4 is 11.8 Å². The van der Waals surface area contributed by atoms with Crippen molar-refractivity contribution in [3.63, 3.8) is 0 Å². The van der Waals surface area contributed by atoms with Crippen molar-refractivity contribution in [3.05, 3.63) is 39.9 Å². The molecule has 0 amide bonds. The Labute approximate surface area is 91.9 Å². The van der Waals surface area contributed by atoms with Crippen molar-refractivity contribution in [1.82, 2.24) is 0 Å². The molecule has 0 spiro atoms. The van der Waals surface area contributed by atoms with E-state index >= 15 is 0 Å². The topological polar surface area (TPSA) is 78.7 Å². The van der Waals surface area contributed by atoms with Crippen LogP contribution in [0.15, 0.2) is 24.3 Å². The van der Waals surface area contributed by atoms with Gasteiger partial charge in [-0.3, -0.25) is 10.1 Å². The zero-order valence-corrected chi connectivity index (χ0v) is 8.71. The molecule has 6 heteroatoms. The number of carbonyl (C=O) groups excluding carboxylic acids is 1. The minimum Gasteiger partial charge on any atom is -0.435 e. The van der Waals surface area contributed by atoms with E-state index < -0.39 is 11.1 Å². The number of nitrogens with zero attached hydrogens (tertiary/aromatic N) is 1. The largest absolute Gasteiger partial charge is 0.508 e. The SMILES string of the molecule is CCOC(=O)OCc1ccc([N+](=O)[O-])cc1. The normalized spacial score (nSPS) is 9.56. The van der Waals surface area contributed by atoms with E-state index in [4.69, 9.17) is 4.74 Å². The Balaban J connectivity index is 2.49. The van der Waals surface area contributed by atoms with E-state index in [-0.39, 0.29) is 18.9 Å². The summed E-state index contributed by atoms with van der Waals surface area (Å²) in [5.74, 6) is 0. The summed E-state index contributed by atoms with van der Waals surface area (Å²) < 4.78 is 9.29. The van der Waals surface area contributed by atoms with E-state index in [1.165, 1.54) is 24.3 Å². The van der Waals surface area contributed by atoms with E-state index in [2.05, 4.69) is 4.74 Å². The Morgan fingerprint density at radius 3 is 2.44 bits per heavy atom. The minimum atomic E-state index is -0.749. The zero-order valence-electron chi connectivity index (χ0n) is 8.71. The third kappa shape index (κ3) is 3.56. The highest BCUT2D eigenvalue weighted by Crippen LogP contribution is 2.12. The molecule has 1 rings (SSSR count). The first-order valence-electron chi connectivity index (χ1n) is 4.66. The Bertz CT molecular complexity index is 373. The summed E-state index contributed by atoms with van der Waals surface area (Å²) in [7, 11) is 0. The van der Waals surface area contributed by atoms with Crippen LogP contribution in [0.4, 0.5) is 10.5 Å². The van der Waals surface area contributed by atoms with Gasteiger partial charge in [0.05, 0.1) is 11.5 Å². The van der Waals surface area contributed by atoms with Gasteiger partial charge in [-0.2, -0.15) is 0 Å². The summed E-state index contributed by atoms with van der Waals surface area (Å²) >= 11 is 0. The Morgan fingerprint density at radius 1 is 1.31 bits per heavy atom. The van der Waals surface area contributed by atoms with Gasteiger partial charge in [-0.1, -0.05) is 0 Å². The number of rotatable bonds is 4. The predicted octanol–water partition coefficient (Wildman–Crippen LogP) is 2.27. The van der Waals surface area contributed by atoms with Gasteiger partial charge in [0.25, 0.3) is 5.69 Å². The standard InChI is InChI=1S/C10H11NO5/c1-2-15-10(12)16-7-8-3-5-9(6-4-8)11(13)14/h3-6H,2,7H2,1H3. The number of ether oxygens (including phenoxy) is 2. The lowest BCUT2D eigenvalue weighted by Crippen LogP contribution is -2.06. The second-order valence-electron chi connectivity index (χ2n) is 2.90. The minimum absolute atomic E-state index is 0.000107. The molecule has 0 aliphatic heterocycles. The number of nitro benzene ring substituents is 1. The van der Waals surface area contributed by atoms with Gasteiger partial charge in [0.1, 0.15) is 6.61 Å². The van der Waals surface area contributed by atoms with Gasteiger partial charge >= 0.3 is 6.16 Å². The van der Waals surface area contributed by atoms with Crippen molar-refractivity contribution in [1.29, 1.82) is 0 Å². The van der Waals surface area contributed by atoms with Crippen molar-refractivity contribution in [2.75, 3.05) is 6.61 Å². The molecule has 0 radical (unpaired) electrons. The molecule has 0 bridgehead atoms. The monoisotopic (exact) mass is 225 g/mol. The third-order valence-corrected chi connectivity index (χ3v) is 1.77. The van der Waals surface area contributed by atoms with Crippen molar-refractivity contribution in [2.24, 2.45) is 0 Å². The Hall–Kier alpha value is -2.11. The molecule has 0 atom stereocenters. The maximum atomic E-state index is 10.8. The smallest absolute Gasteiger partial charge is 0.435 e. The quantitative estimate of drug-likeness (QED) is 0.446. The van der Waals surface area contributed by atoms with Gasteiger partial charge in [0, 0.05) is 12.1 Å². The summed E-state index contributed by atoms with van der Waals surface area (Å²) in [6.07, 6.45) is -0.749. The number of carbonyl (C=O) groups is 1. The lowest BCUT2D eigenvalue weighted by molar-refractivity contribution is -0.384. The van der Waals surface area contributed by atoms with Crippen LogP contribution < -0.4 is 0 Å². The maximum Gasteiger partial charge on any atom is 0.508 e. The fraction of sp³-hybridized carbons (Fsp3) is 0.300. The fourth-order valence-corrected chi connectivity index (χ4v) is 1.02. The molecular weight excluding hydrogens is 214 g/mol. The fourth-order valence-electron chi connectivity index (χ4n) is 1.02. The predicted molar refractivity (Wildman–Crippen MR) is 54.9 cm³/mol. The second-order valence-corrected chi connectivity index (χ2v) is 2.90.